The van der Waals surface area contributed by atoms with Gasteiger partial charge >= 0.3 is 5.97 Å². The summed E-state index contributed by atoms with van der Waals surface area (Å²) in [6.45, 7) is 2.67. The molecule has 2 aliphatic rings. The lowest BCUT2D eigenvalue weighted by Gasteiger charge is -2.33. The predicted octanol–water partition coefficient (Wildman–Crippen LogP) is 2.63. The van der Waals surface area contributed by atoms with Crippen molar-refractivity contribution in [1.29, 1.82) is 0 Å². The van der Waals surface area contributed by atoms with Crippen molar-refractivity contribution in [2.75, 3.05) is 6.54 Å². The fourth-order valence-electron chi connectivity index (χ4n) is 3.10. The second-order valence-corrected chi connectivity index (χ2v) is 7.10. The van der Waals surface area contributed by atoms with Crippen LogP contribution in [0.4, 0.5) is 0 Å². The minimum Gasteiger partial charge on any atom is -0.480 e. The Morgan fingerprint density at radius 1 is 1.35 bits per heavy atom. The van der Waals surface area contributed by atoms with Gasteiger partial charge < -0.3 is 10.0 Å². The molecule has 2 heterocycles. The van der Waals surface area contributed by atoms with E-state index in [-0.39, 0.29) is 11.8 Å². The summed E-state index contributed by atoms with van der Waals surface area (Å²) in [5, 5.41) is 9.25. The Bertz CT molecular complexity index is 539. The van der Waals surface area contributed by atoms with Crippen molar-refractivity contribution in [1.82, 2.24) is 4.90 Å². The zero-order valence-electron chi connectivity index (χ0n) is 11.5. The van der Waals surface area contributed by atoms with Crippen molar-refractivity contribution < 1.29 is 14.7 Å². The van der Waals surface area contributed by atoms with E-state index in [1.165, 1.54) is 9.75 Å². The summed E-state index contributed by atoms with van der Waals surface area (Å²) in [5.41, 5.74) is 0. The maximum absolute atomic E-state index is 12.5. The molecule has 0 spiro atoms. The molecule has 1 aliphatic heterocycles. The number of carboxylic acid groups (broad SMARTS) is 1. The van der Waals surface area contributed by atoms with Crippen LogP contribution in [0.15, 0.2) is 12.1 Å². The third kappa shape index (κ3) is 2.46. The minimum atomic E-state index is -0.859. The number of carboxylic acids is 1. The summed E-state index contributed by atoms with van der Waals surface area (Å²) in [5.74, 6) is -0.485. The first-order chi connectivity index (χ1) is 9.58. The quantitative estimate of drug-likeness (QED) is 0.932. The van der Waals surface area contributed by atoms with E-state index in [2.05, 4.69) is 19.1 Å². The molecule has 0 aromatic carbocycles. The van der Waals surface area contributed by atoms with Crippen molar-refractivity contribution in [3.05, 3.63) is 21.9 Å². The van der Waals surface area contributed by atoms with Gasteiger partial charge in [0, 0.05) is 28.1 Å². The van der Waals surface area contributed by atoms with Crippen molar-refractivity contribution in [2.24, 2.45) is 5.92 Å². The standard InChI is InChI=1S/C15H19NO3S/c1-9-5-6-13(20-9)10-8-11(10)14(17)16-7-3-2-4-12(16)15(18)19/h5-6,10-12H,2-4,7-8H2,1H3,(H,18,19)/t10-,11+,12+/m0/s1. The van der Waals surface area contributed by atoms with Gasteiger partial charge in [0.1, 0.15) is 6.04 Å². The molecule has 1 N–H and O–H groups in total. The lowest BCUT2D eigenvalue weighted by Crippen LogP contribution is -2.48. The van der Waals surface area contributed by atoms with E-state index in [9.17, 15) is 14.7 Å². The lowest BCUT2D eigenvalue weighted by atomic mass is 10.0. The number of thiophene rings is 1. The number of aryl methyl sites for hydroxylation is 1. The lowest BCUT2D eigenvalue weighted by molar-refractivity contribution is -0.152. The Morgan fingerprint density at radius 2 is 2.15 bits per heavy atom. The Morgan fingerprint density at radius 3 is 2.80 bits per heavy atom. The average Bonchev–Trinajstić information content (AvgIpc) is 3.13. The largest absolute Gasteiger partial charge is 0.480 e. The number of carbonyl (C=O) groups excluding carboxylic acids is 1. The molecule has 1 aliphatic carbocycles. The third-order valence-electron chi connectivity index (χ3n) is 4.31. The van der Waals surface area contributed by atoms with Crippen LogP contribution in [-0.4, -0.2) is 34.5 Å². The van der Waals surface area contributed by atoms with Crippen molar-refractivity contribution >= 4 is 23.2 Å². The van der Waals surface area contributed by atoms with Gasteiger partial charge in [-0.1, -0.05) is 0 Å². The second-order valence-electron chi connectivity index (χ2n) is 5.78. The molecule has 4 nitrogen and oxygen atoms in total. The first-order valence-electron chi connectivity index (χ1n) is 7.17. The molecule has 0 bridgehead atoms. The molecule has 3 rings (SSSR count). The van der Waals surface area contributed by atoms with E-state index in [0.717, 1.165) is 19.3 Å². The third-order valence-corrected chi connectivity index (χ3v) is 5.44. The number of amides is 1. The molecule has 108 valence electrons. The highest BCUT2D eigenvalue weighted by atomic mass is 32.1. The summed E-state index contributed by atoms with van der Waals surface area (Å²) in [6, 6.07) is 3.58. The van der Waals surface area contributed by atoms with Crippen LogP contribution in [-0.2, 0) is 9.59 Å². The van der Waals surface area contributed by atoms with E-state index in [1.807, 2.05) is 0 Å². The van der Waals surface area contributed by atoms with Gasteiger partial charge in [0.05, 0.1) is 0 Å². The van der Waals surface area contributed by atoms with Gasteiger partial charge in [0.25, 0.3) is 0 Å². The van der Waals surface area contributed by atoms with E-state index in [4.69, 9.17) is 0 Å². The van der Waals surface area contributed by atoms with E-state index in [1.54, 1.807) is 16.2 Å². The van der Waals surface area contributed by atoms with Gasteiger partial charge in [-0.25, -0.2) is 4.79 Å². The normalized spacial score (nSPS) is 29.2. The Balaban J connectivity index is 1.69. The van der Waals surface area contributed by atoms with Crippen molar-refractivity contribution in [3.63, 3.8) is 0 Å². The van der Waals surface area contributed by atoms with Crippen molar-refractivity contribution in [3.8, 4) is 0 Å². The van der Waals surface area contributed by atoms with Crippen LogP contribution in [0.25, 0.3) is 0 Å². The molecule has 1 saturated heterocycles. The number of carbonyl (C=O) groups is 2. The summed E-state index contributed by atoms with van der Waals surface area (Å²) >= 11 is 1.75. The van der Waals surface area contributed by atoms with Crippen LogP contribution in [0.2, 0.25) is 0 Å². The Labute approximate surface area is 122 Å². The topological polar surface area (TPSA) is 57.6 Å². The SMILES string of the molecule is Cc1ccc([C@H]2C[C@H]2C(=O)N2CCCC[C@@H]2C(=O)O)s1. The fourth-order valence-corrected chi connectivity index (χ4v) is 4.16. The van der Waals surface area contributed by atoms with Crippen LogP contribution in [0.5, 0.6) is 0 Å². The molecule has 3 atom stereocenters. The molecule has 1 saturated carbocycles. The molecule has 1 aromatic rings. The maximum atomic E-state index is 12.5. The smallest absolute Gasteiger partial charge is 0.326 e. The number of hydrogen-bond acceptors (Lipinski definition) is 3. The molecule has 0 unspecified atom stereocenters. The number of likely N-dealkylation sites (tertiary alicyclic amines) is 1. The molecule has 0 radical (unpaired) electrons. The maximum Gasteiger partial charge on any atom is 0.326 e. The first kappa shape index (κ1) is 13.6. The molecule has 1 aromatic heterocycles. The van der Waals surface area contributed by atoms with Gasteiger partial charge in [-0.05, 0) is 44.7 Å². The van der Waals surface area contributed by atoms with Crippen LogP contribution < -0.4 is 0 Å². The Kier molecular flexibility index (Phi) is 3.54. The van der Waals surface area contributed by atoms with E-state index < -0.39 is 12.0 Å². The predicted molar refractivity (Wildman–Crippen MR) is 76.9 cm³/mol. The average molecular weight is 293 g/mol. The highest BCUT2D eigenvalue weighted by molar-refractivity contribution is 7.12. The molecule has 1 amide bonds. The minimum absolute atomic E-state index is 0.00741. The van der Waals surface area contributed by atoms with E-state index >= 15 is 0 Å². The summed E-state index contributed by atoms with van der Waals surface area (Å²) in [6.07, 6.45) is 3.29. The van der Waals surface area contributed by atoms with Crippen molar-refractivity contribution in [2.45, 2.75) is 44.6 Å². The molecule has 2 fully saturated rings. The van der Waals surface area contributed by atoms with Gasteiger partial charge in [0.2, 0.25) is 5.91 Å². The first-order valence-corrected chi connectivity index (χ1v) is 7.99. The second kappa shape index (κ2) is 5.20. The number of piperidine rings is 1. The van der Waals surface area contributed by atoms with Crippen LogP contribution in [0.1, 0.15) is 41.4 Å². The molecular formula is C15H19NO3S. The summed E-state index contributed by atoms with van der Waals surface area (Å²) < 4.78 is 0. The molecule has 5 heteroatoms. The zero-order valence-corrected chi connectivity index (χ0v) is 12.4. The molecule has 20 heavy (non-hydrogen) atoms. The fraction of sp³-hybridized carbons (Fsp3) is 0.600. The zero-order chi connectivity index (χ0) is 14.3. The van der Waals surface area contributed by atoms with Crippen LogP contribution in [0.3, 0.4) is 0 Å². The highest BCUT2D eigenvalue weighted by Crippen LogP contribution is 2.51. The number of nitrogens with zero attached hydrogens (tertiary/aromatic N) is 1. The van der Waals surface area contributed by atoms with Crippen LogP contribution in [0, 0.1) is 12.8 Å². The van der Waals surface area contributed by atoms with E-state index in [0.29, 0.717) is 18.9 Å². The summed E-state index contributed by atoms with van der Waals surface area (Å²) in [4.78, 5) is 27.9. The van der Waals surface area contributed by atoms with Gasteiger partial charge in [0.15, 0.2) is 0 Å². The highest BCUT2D eigenvalue weighted by Gasteiger charge is 2.48. The number of rotatable bonds is 3. The van der Waals surface area contributed by atoms with Crippen LogP contribution >= 0.6 is 11.3 Å². The summed E-state index contributed by atoms with van der Waals surface area (Å²) in [7, 11) is 0. The number of aliphatic carboxylic acids is 1. The monoisotopic (exact) mass is 293 g/mol. The molecular weight excluding hydrogens is 274 g/mol. The van der Waals surface area contributed by atoms with Gasteiger partial charge in [-0.15, -0.1) is 11.3 Å². The van der Waals surface area contributed by atoms with Gasteiger partial charge in [-0.2, -0.15) is 0 Å². The number of hydrogen-bond donors (Lipinski definition) is 1. The Hall–Kier alpha value is -1.36. The van der Waals surface area contributed by atoms with Gasteiger partial charge in [-0.3, -0.25) is 4.79 Å².